The Balaban J connectivity index is 1.64. The molecule has 0 spiro atoms. The molecule has 6 nitrogen and oxygen atoms in total. The summed E-state index contributed by atoms with van der Waals surface area (Å²) in [5, 5.41) is 8.43. The topological polar surface area (TPSA) is 83.1 Å². The third-order valence-electron chi connectivity index (χ3n) is 3.77. The number of carbonyl (C=O) groups excluding carboxylic acids is 2. The highest BCUT2D eigenvalue weighted by molar-refractivity contribution is 5.93. The molecule has 2 aromatic rings. The fourth-order valence-corrected chi connectivity index (χ4v) is 2.35. The summed E-state index contributed by atoms with van der Waals surface area (Å²) in [6.07, 6.45) is 5.65. The Labute approximate surface area is 140 Å². The average Bonchev–Trinajstić information content (AvgIpc) is 3.40. The van der Waals surface area contributed by atoms with Gasteiger partial charge in [-0.15, -0.1) is 0 Å². The first-order valence-corrected chi connectivity index (χ1v) is 8.02. The van der Waals surface area contributed by atoms with Gasteiger partial charge in [-0.25, -0.2) is 4.79 Å². The van der Waals surface area contributed by atoms with Crippen LogP contribution in [0.5, 0.6) is 0 Å². The number of hydrogen-bond acceptors (Lipinski definition) is 3. The Morgan fingerprint density at radius 3 is 2.46 bits per heavy atom. The first kappa shape index (κ1) is 16.0. The summed E-state index contributed by atoms with van der Waals surface area (Å²) in [7, 11) is 0. The van der Waals surface area contributed by atoms with E-state index in [1.54, 1.807) is 24.5 Å². The minimum Gasteiger partial charge on any atom is -0.352 e. The van der Waals surface area contributed by atoms with Gasteiger partial charge < -0.3 is 16.0 Å². The predicted octanol–water partition coefficient (Wildman–Crippen LogP) is 2.09. The Hall–Kier alpha value is -2.89. The Bertz CT molecular complexity index is 687. The number of pyridine rings is 1. The van der Waals surface area contributed by atoms with E-state index in [1.165, 1.54) is 0 Å². The molecule has 1 atom stereocenters. The van der Waals surface area contributed by atoms with Crippen molar-refractivity contribution in [2.24, 2.45) is 0 Å². The van der Waals surface area contributed by atoms with Crippen LogP contribution in [-0.2, 0) is 11.2 Å². The van der Waals surface area contributed by atoms with Crippen LogP contribution in [0.15, 0.2) is 54.9 Å². The molecule has 3 N–H and O–H groups in total. The van der Waals surface area contributed by atoms with Crippen LogP contribution in [-0.4, -0.2) is 29.0 Å². The van der Waals surface area contributed by atoms with Crippen molar-refractivity contribution in [1.29, 1.82) is 0 Å². The molecule has 3 amide bonds. The molecular formula is C18H20N4O2. The lowest BCUT2D eigenvalue weighted by Crippen LogP contribution is -2.49. The number of amides is 3. The third-order valence-corrected chi connectivity index (χ3v) is 3.77. The molecule has 1 aromatic heterocycles. The lowest BCUT2D eigenvalue weighted by molar-refractivity contribution is -0.123. The van der Waals surface area contributed by atoms with E-state index in [1.807, 2.05) is 30.3 Å². The van der Waals surface area contributed by atoms with Crippen molar-refractivity contribution in [3.05, 3.63) is 60.4 Å². The summed E-state index contributed by atoms with van der Waals surface area (Å²) in [6, 6.07) is 12.3. The number of hydrogen-bond donors (Lipinski definition) is 3. The minimum absolute atomic E-state index is 0.147. The van der Waals surface area contributed by atoms with Crippen LogP contribution in [0.3, 0.4) is 0 Å². The molecule has 1 saturated carbocycles. The Morgan fingerprint density at radius 2 is 1.79 bits per heavy atom. The first-order valence-electron chi connectivity index (χ1n) is 8.02. The quantitative estimate of drug-likeness (QED) is 0.761. The SMILES string of the molecule is O=C(Nc1ccncc1)NC(Cc1ccccc1)C(=O)NC1CC1. The molecule has 6 heteroatoms. The van der Waals surface area contributed by atoms with Crippen LogP contribution in [0.1, 0.15) is 18.4 Å². The van der Waals surface area contributed by atoms with E-state index in [0.717, 1.165) is 18.4 Å². The average molecular weight is 324 g/mol. The molecule has 1 aliphatic carbocycles. The maximum absolute atomic E-state index is 12.4. The first-order chi connectivity index (χ1) is 11.7. The van der Waals surface area contributed by atoms with Gasteiger partial charge in [0, 0.05) is 30.5 Å². The summed E-state index contributed by atoms with van der Waals surface area (Å²) >= 11 is 0. The van der Waals surface area contributed by atoms with Crippen molar-refractivity contribution >= 4 is 17.6 Å². The highest BCUT2D eigenvalue weighted by Gasteiger charge is 2.28. The second kappa shape index (κ2) is 7.59. The fraction of sp³-hybridized carbons (Fsp3) is 0.278. The number of rotatable bonds is 6. The molecule has 0 aliphatic heterocycles. The van der Waals surface area contributed by atoms with Gasteiger partial charge in [0.2, 0.25) is 5.91 Å². The van der Waals surface area contributed by atoms with Gasteiger partial charge in [-0.05, 0) is 30.5 Å². The zero-order chi connectivity index (χ0) is 16.8. The minimum atomic E-state index is -0.616. The third kappa shape index (κ3) is 4.81. The van der Waals surface area contributed by atoms with Crippen LogP contribution in [0.2, 0.25) is 0 Å². The van der Waals surface area contributed by atoms with Gasteiger partial charge in [0.15, 0.2) is 0 Å². The number of aromatic nitrogens is 1. The molecule has 1 aromatic carbocycles. The Kier molecular flexibility index (Phi) is 5.05. The highest BCUT2D eigenvalue weighted by atomic mass is 16.2. The van der Waals surface area contributed by atoms with Crippen molar-refractivity contribution in [3.8, 4) is 0 Å². The standard InChI is InChI=1S/C18H20N4O2/c23-17(20-14-6-7-14)16(12-13-4-2-1-3-5-13)22-18(24)21-15-8-10-19-11-9-15/h1-5,8-11,14,16H,6-7,12H2,(H,20,23)(H2,19,21,22,24). The monoisotopic (exact) mass is 324 g/mol. The summed E-state index contributed by atoms with van der Waals surface area (Å²) in [4.78, 5) is 28.5. The number of carbonyl (C=O) groups is 2. The van der Waals surface area contributed by atoms with E-state index < -0.39 is 12.1 Å². The number of urea groups is 1. The second-order valence-electron chi connectivity index (χ2n) is 5.86. The van der Waals surface area contributed by atoms with Crippen molar-refractivity contribution in [2.75, 3.05) is 5.32 Å². The molecule has 0 saturated heterocycles. The van der Waals surface area contributed by atoms with Crippen LogP contribution >= 0.6 is 0 Å². The van der Waals surface area contributed by atoms with E-state index in [-0.39, 0.29) is 11.9 Å². The van der Waals surface area contributed by atoms with Gasteiger partial charge in [0.05, 0.1) is 0 Å². The molecule has 1 fully saturated rings. The predicted molar refractivity (Wildman–Crippen MR) is 91.5 cm³/mol. The lowest BCUT2D eigenvalue weighted by atomic mass is 10.1. The van der Waals surface area contributed by atoms with Crippen LogP contribution in [0, 0.1) is 0 Å². The summed E-state index contributed by atoms with van der Waals surface area (Å²) in [6.45, 7) is 0. The van der Waals surface area contributed by atoms with Crippen LogP contribution < -0.4 is 16.0 Å². The van der Waals surface area contributed by atoms with E-state index >= 15 is 0 Å². The molecule has 3 rings (SSSR count). The lowest BCUT2D eigenvalue weighted by Gasteiger charge is -2.19. The summed E-state index contributed by atoms with van der Waals surface area (Å²) in [5.41, 5.74) is 1.63. The maximum Gasteiger partial charge on any atom is 0.319 e. The van der Waals surface area contributed by atoms with Crippen LogP contribution in [0.25, 0.3) is 0 Å². The van der Waals surface area contributed by atoms with Gasteiger partial charge in [-0.2, -0.15) is 0 Å². The van der Waals surface area contributed by atoms with Gasteiger partial charge >= 0.3 is 6.03 Å². The van der Waals surface area contributed by atoms with Gasteiger partial charge in [-0.1, -0.05) is 30.3 Å². The molecule has 1 unspecified atom stereocenters. The van der Waals surface area contributed by atoms with E-state index in [2.05, 4.69) is 20.9 Å². The van der Waals surface area contributed by atoms with Crippen LogP contribution in [0.4, 0.5) is 10.5 Å². The molecule has 1 aliphatic rings. The van der Waals surface area contributed by atoms with Crippen molar-refractivity contribution < 1.29 is 9.59 Å². The van der Waals surface area contributed by atoms with E-state index in [9.17, 15) is 9.59 Å². The number of nitrogens with one attached hydrogen (secondary N) is 3. The second-order valence-corrected chi connectivity index (χ2v) is 5.86. The molecule has 0 bridgehead atoms. The number of benzene rings is 1. The number of anilines is 1. The zero-order valence-electron chi connectivity index (χ0n) is 13.2. The van der Waals surface area contributed by atoms with E-state index in [0.29, 0.717) is 12.1 Å². The molecule has 124 valence electrons. The zero-order valence-corrected chi connectivity index (χ0v) is 13.2. The smallest absolute Gasteiger partial charge is 0.319 e. The van der Waals surface area contributed by atoms with E-state index in [4.69, 9.17) is 0 Å². The molecule has 1 heterocycles. The largest absolute Gasteiger partial charge is 0.352 e. The van der Waals surface area contributed by atoms with Gasteiger partial charge in [0.1, 0.15) is 6.04 Å². The normalized spacial score (nSPS) is 14.5. The Morgan fingerprint density at radius 1 is 1.08 bits per heavy atom. The summed E-state index contributed by atoms with van der Waals surface area (Å²) < 4.78 is 0. The van der Waals surface area contributed by atoms with Crippen molar-refractivity contribution in [2.45, 2.75) is 31.3 Å². The van der Waals surface area contributed by atoms with Crippen molar-refractivity contribution in [3.63, 3.8) is 0 Å². The highest BCUT2D eigenvalue weighted by Crippen LogP contribution is 2.19. The fourth-order valence-electron chi connectivity index (χ4n) is 2.35. The van der Waals surface area contributed by atoms with Gasteiger partial charge in [-0.3, -0.25) is 9.78 Å². The molecule has 0 radical (unpaired) electrons. The van der Waals surface area contributed by atoms with Gasteiger partial charge in [0.25, 0.3) is 0 Å². The summed E-state index contributed by atoms with van der Waals surface area (Å²) in [5.74, 6) is -0.147. The molecular weight excluding hydrogens is 304 g/mol. The van der Waals surface area contributed by atoms with Crippen molar-refractivity contribution in [1.82, 2.24) is 15.6 Å². The maximum atomic E-state index is 12.4. The molecule has 24 heavy (non-hydrogen) atoms. The number of nitrogens with zero attached hydrogens (tertiary/aromatic N) is 1.